The van der Waals surface area contributed by atoms with Crippen molar-refractivity contribution in [1.29, 1.82) is 0 Å². The van der Waals surface area contributed by atoms with Crippen molar-refractivity contribution in [3.05, 3.63) is 35.7 Å². The first-order valence-electron chi connectivity index (χ1n) is 7.60. The highest BCUT2D eigenvalue weighted by Crippen LogP contribution is 2.30. The molecule has 0 amide bonds. The number of nitrogens with one attached hydrogen (secondary N) is 1. The Bertz CT molecular complexity index is 815. The molecular weight excluding hydrogens is 330 g/mol. The van der Waals surface area contributed by atoms with Crippen LogP contribution in [0.25, 0.3) is 0 Å². The fraction of sp³-hybridized carbons (Fsp3) is 0.438. The van der Waals surface area contributed by atoms with Gasteiger partial charge in [-0.3, -0.25) is 4.68 Å². The van der Waals surface area contributed by atoms with E-state index in [0.717, 1.165) is 0 Å². The number of hydrogen-bond donors (Lipinski definition) is 1. The molecule has 0 radical (unpaired) electrons. The van der Waals surface area contributed by atoms with Crippen LogP contribution in [0.3, 0.4) is 0 Å². The second kappa shape index (κ2) is 7.23. The molecule has 0 saturated carbocycles. The molecule has 0 aliphatic carbocycles. The van der Waals surface area contributed by atoms with Crippen molar-refractivity contribution in [2.45, 2.75) is 38.3 Å². The summed E-state index contributed by atoms with van der Waals surface area (Å²) in [4.78, 5) is 0.179. The van der Waals surface area contributed by atoms with Crippen molar-refractivity contribution in [1.82, 2.24) is 14.5 Å². The van der Waals surface area contributed by atoms with Crippen molar-refractivity contribution in [3.63, 3.8) is 0 Å². The highest BCUT2D eigenvalue weighted by molar-refractivity contribution is 7.89. The molecule has 0 unspecified atom stereocenters. The molecule has 8 heteroatoms. The van der Waals surface area contributed by atoms with Crippen molar-refractivity contribution >= 4 is 10.0 Å². The highest BCUT2D eigenvalue weighted by Gasteiger charge is 2.24. The van der Waals surface area contributed by atoms with E-state index in [1.165, 1.54) is 6.20 Å². The molecule has 0 aliphatic heterocycles. The second-order valence-corrected chi connectivity index (χ2v) is 7.04. The number of methoxy groups -OCH3 is 2. The average Bonchev–Trinajstić information content (AvgIpc) is 2.95. The number of rotatable bonds is 7. The van der Waals surface area contributed by atoms with E-state index in [9.17, 15) is 8.42 Å². The van der Waals surface area contributed by atoms with Crippen LogP contribution >= 0.6 is 0 Å². The number of aromatic nitrogens is 2. The predicted octanol–water partition coefficient (Wildman–Crippen LogP) is 2.27. The van der Waals surface area contributed by atoms with Crippen molar-refractivity contribution in [3.8, 4) is 11.5 Å². The van der Waals surface area contributed by atoms with Crippen LogP contribution in [0.4, 0.5) is 0 Å². The van der Waals surface area contributed by atoms with Gasteiger partial charge in [-0.2, -0.15) is 5.10 Å². The Labute approximate surface area is 142 Å². The first kappa shape index (κ1) is 18.3. The molecule has 0 saturated heterocycles. The quantitative estimate of drug-likeness (QED) is 0.826. The van der Waals surface area contributed by atoms with Gasteiger partial charge in [0, 0.05) is 18.2 Å². The summed E-state index contributed by atoms with van der Waals surface area (Å²) in [6, 6.07) is 4.77. The van der Waals surface area contributed by atoms with Gasteiger partial charge in [0.25, 0.3) is 0 Å². The van der Waals surface area contributed by atoms with Crippen molar-refractivity contribution in [2.75, 3.05) is 14.2 Å². The molecule has 2 aromatic rings. The van der Waals surface area contributed by atoms with Crippen molar-refractivity contribution < 1.29 is 17.9 Å². The molecule has 24 heavy (non-hydrogen) atoms. The summed E-state index contributed by atoms with van der Waals surface area (Å²) in [6.45, 7) is 6.02. The van der Waals surface area contributed by atoms with E-state index >= 15 is 0 Å². The average molecular weight is 353 g/mol. The minimum absolute atomic E-state index is 0.179. The van der Waals surface area contributed by atoms with Crippen LogP contribution < -0.4 is 14.2 Å². The first-order valence-corrected chi connectivity index (χ1v) is 9.09. The molecule has 0 fully saturated rings. The van der Waals surface area contributed by atoms with E-state index < -0.39 is 16.1 Å². The number of benzene rings is 1. The van der Waals surface area contributed by atoms with Crippen LogP contribution in [0, 0.1) is 6.92 Å². The summed E-state index contributed by atoms with van der Waals surface area (Å²) in [7, 11) is -0.600. The summed E-state index contributed by atoms with van der Waals surface area (Å²) in [6.07, 6.45) is 1.37. The molecule has 1 atom stereocenters. The third kappa shape index (κ3) is 3.54. The van der Waals surface area contributed by atoms with Gasteiger partial charge in [0.1, 0.15) is 16.4 Å². The summed E-state index contributed by atoms with van der Waals surface area (Å²) in [5.74, 6) is 1.22. The number of sulfonamides is 1. The smallest absolute Gasteiger partial charge is 0.244 e. The van der Waals surface area contributed by atoms with E-state index in [1.54, 1.807) is 50.9 Å². The summed E-state index contributed by atoms with van der Waals surface area (Å²) in [5, 5.41) is 4.09. The molecule has 0 spiro atoms. The molecule has 7 nitrogen and oxygen atoms in total. The summed E-state index contributed by atoms with van der Waals surface area (Å²) >= 11 is 0. The highest BCUT2D eigenvalue weighted by atomic mass is 32.2. The van der Waals surface area contributed by atoms with Gasteiger partial charge in [0.2, 0.25) is 10.0 Å². The van der Waals surface area contributed by atoms with Gasteiger partial charge in [-0.1, -0.05) is 0 Å². The lowest BCUT2D eigenvalue weighted by Crippen LogP contribution is -2.27. The Hall–Kier alpha value is -2.06. The normalized spacial score (nSPS) is 12.9. The Morgan fingerprint density at radius 1 is 1.29 bits per heavy atom. The number of ether oxygens (including phenoxy) is 2. The summed E-state index contributed by atoms with van der Waals surface area (Å²) < 4.78 is 40.2. The van der Waals surface area contributed by atoms with E-state index in [1.807, 2.05) is 6.92 Å². The number of hydrogen-bond acceptors (Lipinski definition) is 5. The monoisotopic (exact) mass is 353 g/mol. The molecule has 1 aromatic carbocycles. The largest absolute Gasteiger partial charge is 0.497 e. The topological polar surface area (TPSA) is 82.5 Å². The fourth-order valence-corrected chi connectivity index (χ4v) is 3.95. The van der Waals surface area contributed by atoms with Gasteiger partial charge >= 0.3 is 0 Å². The maximum atomic E-state index is 12.7. The van der Waals surface area contributed by atoms with Crippen LogP contribution in [-0.2, 0) is 16.6 Å². The Morgan fingerprint density at radius 2 is 2.00 bits per heavy atom. The third-order valence-electron chi connectivity index (χ3n) is 3.88. The Balaban J connectivity index is 2.34. The predicted molar refractivity (Wildman–Crippen MR) is 90.9 cm³/mol. The molecule has 2 rings (SSSR count). The first-order chi connectivity index (χ1) is 11.3. The van der Waals surface area contributed by atoms with Crippen molar-refractivity contribution in [2.24, 2.45) is 0 Å². The van der Waals surface area contributed by atoms with Crippen LogP contribution in [0.5, 0.6) is 11.5 Å². The van der Waals surface area contributed by atoms with E-state index in [0.29, 0.717) is 29.3 Å². The molecule has 1 heterocycles. The van der Waals surface area contributed by atoms with Gasteiger partial charge < -0.3 is 9.47 Å². The van der Waals surface area contributed by atoms with E-state index in [-0.39, 0.29) is 4.90 Å². The maximum Gasteiger partial charge on any atom is 0.244 e. The van der Waals surface area contributed by atoms with Crippen LogP contribution in [0.15, 0.2) is 29.3 Å². The van der Waals surface area contributed by atoms with E-state index in [2.05, 4.69) is 9.82 Å². The van der Waals surface area contributed by atoms with Gasteiger partial charge in [-0.25, -0.2) is 13.1 Å². The fourth-order valence-electron chi connectivity index (χ4n) is 2.55. The van der Waals surface area contributed by atoms with Crippen LogP contribution in [-0.4, -0.2) is 32.4 Å². The van der Waals surface area contributed by atoms with E-state index in [4.69, 9.17) is 9.47 Å². The maximum absolute atomic E-state index is 12.7. The molecule has 0 aliphatic rings. The number of aryl methyl sites for hydroxylation is 1. The Kier molecular flexibility index (Phi) is 5.51. The minimum atomic E-state index is -3.70. The zero-order chi connectivity index (χ0) is 17.9. The summed E-state index contributed by atoms with van der Waals surface area (Å²) in [5.41, 5.74) is 1.30. The third-order valence-corrected chi connectivity index (χ3v) is 5.53. The second-order valence-electron chi connectivity index (χ2n) is 5.36. The van der Waals surface area contributed by atoms with Crippen LogP contribution in [0.2, 0.25) is 0 Å². The van der Waals surface area contributed by atoms with Gasteiger partial charge in [0.05, 0.1) is 26.1 Å². The van der Waals surface area contributed by atoms with Crippen LogP contribution in [0.1, 0.15) is 31.1 Å². The molecule has 132 valence electrons. The zero-order valence-electron chi connectivity index (χ0n) is 14.5. The van der Waals surface area contributed by atoms with Gasteiger partial charge in [-0.15, -0.1) is 0 Å². The Morgan fingerprint density at radius 3 is 2.54 bits per heavy atom. The molecule has 0 bridgehead atoms. The SMILES string of the molecule is CCn1ncc(S(=O)(=O)N[C@H](C)c2cc(OC)ccc2OC)c1C. The lowest BCUT2D eigenvalue weighted by atomic mass is 10.1. The lowest BCUT2D eigenvalue weighted by molar-refractivity contribution is 0.395. The molecule has 1 aromatic heterocycles. The lowest BCUT2D eigenvalue weighted by Gasteiger charge is -2.18. The van der Waals surface area contributed by atoms with Gasteiger partial charge in [-0.05, 0) is 39.0 Å². The molecular formula is C16H23N3O4S. The number of nitrogens with zero attached hydrogens (tertiary/aromatic N) is 2. The minimum Gasteiger partial charge on any atom is -0.497 e. The standard InChI is InChI=1S/C16H23N3O4S/c1-6-19-12(3)16(10-17-19)24(20,21)18-11(2)14-9-13(22-4)7-8-15(14)23-5/h7-11,18H,6H2,1-5H3/t11-/m1/s1. The van der Waals surface area contributed by atoms with Gasteiger partial charge in [0.15, 0.2) is 0 Å². The molecule has 1 N–H and O–H groups in total. The zero-order valence-corrected chi connectivity index (χ0v) is 15.3.